The minimum Gasteiger partial charge on any atom is -0.329 e. The van der Waals surface area contributed by atoms with Crippen LogP contribution in [0.3, 0.4) is 0 Å². The monoisotopic (exact) mass is 283 g/mol. The van der Waals surface area contributed by atoms with E-state index in [1.165, 1.54) is 30.2 Å². The maximum atomic E-state index is 6.02. The summed E-state index contributed by atoms with van der Waals surface area (Å²) in [6.07, 6.45) is 5.61. The predicted octanol–water partition coefficient (Wildman–Crippen LogP) is 3.40. The number of hydrogen-bond acceptors (Lipinski definition) is 3. The fraction of sp³-hybridized carbons (Fsp3) is 0.500. The lowest BCUT2D eigenvalue weighted by atomic mass is 9.91. The Morgan fingerprint density at radius 1 is 1.38 bits per heavy atom. The largest absolute Gasteiger partial charge is 0.329 e. The maximum absolute atomic E-state index is 6.02. The summed E-state index contributed by atoms with van der Waals surface area (Å²) in [5, 5.41) is 4.94. The van der Waals surface area contributed by atoms with E-state index in [1.54, 1.807) is 0 Å². The molecule has 0 bridgehead atoms. The third-order valence-corrected chi connectivity index (χ3v) is 4.67. The summed E-state index contributed by atoms with van der Waals surface area (Å²) in [4.78, 5) is 4.38. The molecule has 3 nitrogen and oxygen atoms in total. The highest BCUT2D eigenvalue weighted by molar-refractivity contribution is 5.79. The highest BCUT2D eigenvalue weighted by atomic mass is 15.0. The van der Waals surface area contributed by atoms with Gasteiger partial charge in [-0.25, -0.2) is 0 Å². The number of nitrogens with zero attached hydrogens (tertiary/aromatic N) is 1. The minimum absolute atomic E-state index is 0.230. The number of nitrogens with two attached hydrogens (primary N) is 1. The SMILES string of the molecule is CC1(C)CCC(NC(CN)c2ccc3ncccc3c2)C1. The zero-order valence-corrected chi connectivity index (χ0v) is 13.0. The fourth-order valence-corrected chi connectivity index (χ4v) is 3.47. The smallest absolute Gasteiger partial charge is 0.0702 e. The fourth-order valence-electron chi connectivity index (χ4n) is 3.47. The first-order valence-corrected chi connectivity index (χ1v) is 7.88. The van der Waals surface area contributed by atoms with Crippen molar-refractivity contribution in [2.75, 3.05) is 6.54 Å². The normalized spacial score (nSPS) is 22.5. The van der Waals surface area contributed by atoms with Crippen molar-refractivity contribution >= 4 is 10.9 Å². The molecule has 112 valence electrons. The summed E-state index contributed by atoms with van der Waals surface area (Å²) in [6.45, 7) is 5.34. The average Bonchev–Trinajstić information content (AvgIpc) is 2.83. The van der Waals surface area contributed by atoms with E-state index < -0.39 is 0 Å². The van der Waals surface area contributed by atoms with E-state index >= 15 is 0 Å². The molecule has 1 aromatic carbocycles. The summed E-state index contributed by atoms with van der Waals surface area (Å²) in [7, 11) is 0. The van der Waals surface area contributed by atoms with Crippen LogP contribution in [-0.2, 0) is 0 Å². The molecule has 0 spiro atoms. The lowest BCUT2D eigenvalue weighted by Crippen LogP contribution is -2.35. The Morgan fingerprint density at radius 3 is 2.95 bits per heavy atom. The summed E-state index contributed by atoms with van der Waals surface area (Å²) in [5.41, 5.74) is 8.79. The van der Waals surface area contributed by atoms with Crippen molar-refractivity contribution in [3.05, 3.63) is 42.1 Å². The first kappa shape index (κ1) is 14.5. The Bertz CT molecular complexity index is 621. The van der Waals surface area contributed by atoms with Crippen molar-refractivity contribution in [3.63, 3.8) is 0 Å². The number of aromatic nitrogens is 1. The van der Waals surface area contributed by atoms with Crippen molar-refractivity contribution in [2.24, 2.45) is 11.1 Å². The Balaban J connectivity index is 1.78. The number of nitrogens with one attached hydrogen (secondary N) is 1. The zero-order valence-electron chi connectivity index (χ0n) is 13.0. The minimum atomic E-state index is 0.230. The van der Waals surface area contributed by atoms with E-state index in [1.807, 2.05) is 12.3 Å². The van der Waals surface area contributed by atoms with Crippen LogP contribution in [0, 0.1) is 5.41 Å². The van der Waals surface area contributed by atoms with Gasteiger partial charge in [0.1, 0.15) is 0 Å². The number of pyridine rings is 1. The van der Waals surface area contributed by atoms with Crippen LogP contribution >= 0.6 is 0 Å². The molecule has 1 aromatic heterocycles. The molecular formula is C18H25N3. The van der Waals surface area contributed by atoms with Crippen LogP contribution in [0.1, 0.15) is 44.7 Å². The van der Waals surface area contributed by atoms with Gasteiger partial charge in [-0.3, -0.25) is 4.98 Å². The quantitative estimate of drug-likeness (QED) is 0.904. The van der Waals surface area contributed by atoms with Crippen molar-refractivity contribution < 1.29 is 0 Å². The van der Waals surface area contributed by atoms with Gasteiger partial charge in [0.05, 0.1) is 5.52 Å². The van der Waals surface area contributed by atoms with Gasteiger partial charge in [0, 0.05) is 30.2 Å². The van der Waals surface area contributed by atoms with Crippen LogP contribution in [0.15, 0.2) is 36.5 Å². The average molecular weight is 283 g/mol. The molecule has 0 radical (unpaired) electrons. The molecule has 3 heteroatoms. The highest BCUT2D eigenvalue weighted by Crippen LogP contribution is 2.37. The van der Waals surface area contributed by atoms with Gasteiger partial charge in [-0.15, -0.1) is 0 Å². The molecule has 1 aliphatic carbocycles. The first-order valence-electron chi connectivity index (χ1n) is 7.88. The van der Waals surface area contributed by atoms with Crippen LogP contribution in [0.25, 0.3) is 10.9 Å². The second kappa shape index (κ2) is 5.74. The second-order valence-electron chi connectivity index (χ2n) is 7.01. The van der Waals surface area contributed by atoms with Crippen LogP contribution in [0.2, 0.25) is 0 Å². The van der Waals surface area contributed by atoms with Crippen LogP contribution in [-0.4, -0.2) is 17.6 Å². The van der Waals surface area contributed by atoms with Crippen LogP contribution in [0.5, 0.6) is 0 Å². The number of benzene rings is 1. The number of rotatable bonds is 4. The predicted molar refractivity (Wildman–Crippen MR) is 88.1 cm³/mol. The topological polar surface area (TPSA) is 50.9 Å². The van der Waals surface area contributed by atoms with Crippen molar-refractivity contribution in [1.29, 1.82) is 0 Å². The third kappa shape index (κ3) is 3.25. The molecule has 0 aliphatic heterocycles. The number of fused-ring (bicyclic) bond motifs is 1. The summed E-state index contributed by atoms with van der Waals surface area (Å²) >= 11 is 0. The van der Waals surface area contributed by atoms with Crippen molar-refractivity contribution in [3.8, 4) is 0 Å². The Hall–Kier alpha value is -1.45. The van der Waals surface area contributed by atoms with E-state index in [2.05, 4.69) is 48.4 Å². The Morgan fingerprint density at radius 2 is 2.24 bits per heavy atom. The van der Waals surface area contributed by atoms with E-state index in [-0.39, 0.29) is 6.04 Å². The molecule has 2 unspecified atom stereocenters. The molecule has 3 rings (SSSR count). The Labute approximate surface area is 127 Å². The molecule has 1 aliphatic rings. The molecule has 2 aromatic rings. The van der Waals surface area contributed by atoms with Gasteiger partial charge >= 0.3 is 0 Å². The molecule has 0 saturated heterocycles. The first-order chi connectivity index (χ1) is 10.1. The molecule has 1 heterocycles. The highest BCUT2D eigenvalue weighted by Gasteiger charge is 2.31. The molecule has 3 N–H and O–H groups in total. The molecule has 0 amide bonds. The van der Waals surface area contributed by atoms with Gasteiger partial charge in [-0.1, -0.05) is 26.0 Å². The van der Waals surface area contributed by atoms with Gasteiger partial charge in [0.15, 0.2) is 0 Å². The summed E-state index contributed by atoms with van der Waals surface area (Å²) in [6, 6.07) is 11.4. The van der Waals surface area contributed by atoms with Gasteiger partial charge in [-0.2, -0.15) is 0 Å². The maximum Gasteiger partial charge on any atom is 0.0702 e. The standard InChI is InChI=1S/C18H25N3/c1-18(2)8-7-15(11-18)21-17(12-19)14-5-6-16-13(10-14)4-3-9-20-16/h3-6,9-10,15,17,21H,7-8,11-12,19H2,1-2H3. The lowest BCUT2D eigenvalue weighted by Gasteiger charge is -2.24. The van der Waals surface area contributed by atoms with Gasteiger partial charge < -0.3 is 11.1 Å². The number of hydrogen-bond donors (Lipinski definition) is 2. The molecule has 21 heavy (non-hydrogen) atoms. The molecule has 2 atom stereocenters. The van der Waals surface area contributed by atoms with Crippen molar-refractivity contribution in [1.82, 2.24) is 10.3 Å². The van der Waals surface area contributed by atoms with E-state index in [9.17, 15) is 0 Å². The van der Waals surface area contributed by atoms with E-state index in [0.717, 1.165) is 5.52 Å². The van der Waals surface area contributed by atoms with Crippen LogP contribution < -0.4 is 11.1 Å². The molecule has 1 fully saturated rings. The Kier molecular flexibility index (Phi) is 3.96. The second-order valence-corrected chi connectivity index (χ2v) is 7.01. The van der Waals surface area contributed by atoms with E-state index in [4.69, 9.17) is 5.73 Å². The summed E-state index contributed by atoms with van der Waals surface area (Å²) in [5.74, 6) is 0. The lowest BCUT2D eigenvalue weighted by molar-refractivity contribution is 0.353. The molecular weight excluding hydrogens is 258 g/mol. The van der Waals surface area contributed by atoms with Gasteiger partial charge in [-0.05, 0) is 48.4 Å². The molecule has 1 saturated carbocycles. The van der Waals surface area contributed by atoms with Gasteiger partial charge in [0.2, 0.25) is 0 Å². The van der Waals surface area contributed by atoms with E-state index in [0.29, 0.717) is 18.0 Å². The zero-order chi connectivity index (χ0) is 14.9. The van der Waals surface area contributed by atoms with Gasteiger partial charge in [0.25, 0.3) is 0 Å². The third-order valence-electron chi connectivity index (χ3n) is 4.67. The summed E-state index contributed by atoms with van der Waals surface area (Å²) < 4.78 is 0. The van der Waals surface area contributed by atoms with Crippen molar-refractivity contribution in [2.45, 2.75) is 45.2 Å². The van der Waals surface area contributed by atoms with Crippen LogP contribution in [0.4, 0.5) is 0 Å².